The molecule has 0 bridgehead atoms. The summed E-state index contributed by atoms with van der Waals surface area (Å²) in [5, 5.41) is 0.427. The molecular formula is C25H47O3P. The molecule has 0 aliphatic heterocycles. The molecular weight excluding hydrogens is 379 g/mol. The van der Waals surface area contributed by atoms with Gasteiger partial charge in [0.15, 0.2) is 0 Å². The van der Waals surface area contributed by atoms with Crippen LogP contribution < -0.4 is 5.30 Å². The van der Waals surface area contributed by atoms with Crippen LogP contribution in [0.25, 0.3) is 0 Å². The van der Waals surface area contributed by atoms with E-state index in [0.29, 0.717) is 11.7 Å². The number of rotatable bonds is 15. The first-order chi connectivity index (χ1) is 13.6. The van der Waals surface area contributed by atoms with E-state index in [1.54, 1.807) is 0 Å². The summed E-state index contributed by atoms with van der Waals surface area (Å²) in [4.78, 5) is 33.1. The van der Waals surface area contributed by atoms with Crippen LogP contribution in [-0.4, -0.2) is 20.8 Å². The molecule has 29 heavy (non-hydrogen) atoms. The Hall–Kier alpha value is -0.470. The van der Waals surface area contributed by atoms with Crippen molar-refractivity contribution in [3.8, 4) is 0 Å². The van der Waals surface area contributed by atoms with Crippen LogP contribution in [0.3, 0.4) is 0 Å². The Morgan fingerprint density at radius 1 is 0.655 bits per heavy atom. The molecule has 0 fully saturated rings. The van der Waals surface area contributed by atoms with Crippen LogP contribution in [0.1, 0.15) is 113 Å². The Balaban J connectivity index is 2.87. The van der Waals surface area contributed by atoms with Crippen LogP contribution >= 0.6 is 7.28 Å². The van der Waals surface area contributed by atoms with Gasteiger partial charge >= 0.3 is 180 Å². The standard InChI is InChI=1S/C25H47O3P/c1-6-8-10-12-14-16-18-24-21(3)20-22(4)25(23(24)5)29(26,27,28)19-17-15-13-11-9-7-2/h20,26-28H,6-19H2,1-5H3. The second-order valence-corrected chi connectivity index (χ2v) is 12.3. The van der Waals surface area contributed by atoms with Crippen molar-refractivity contribution in [3.05, 3.63) is 28.3 Å². The molecule has 3 N–H and O–H groups in total. The van der Waals surface area contributed by atoms with Crippen LogP contribution in [-0.2, 0) is 6.42 Å². The van der Waals surface area contributed by atoms with Gasteiger partial charge in [-0.3, -0.25) is 0 Å². The van der Waals surface area contributed by atoms with Gasteiger partial charge in [0, 0.05) is 0 Å². The number of aryl methyl sites for hydroxylation is 2. The van der Waals surface area contributed by atoms with Gasteiger partial charge < -0.3 is 0 Å². The Labute approximate surface area is 180 Å². The summed E-state index contributed by atoms with van der Waals surface area (Å²) in [6.07, 6.45) is 14.8. The Morgan fingerprint density at radius 2 is 1.14 bits per heavy atom. The van der Waals surface area contributed by atoms with Gasteiger partial charge in [-0.1, -0.05) is 0 Å². The molecule has 0 saturated heterocycles. The summed E-state index contributed by atoms with van der Waals surface area (Å²) in [7, 11) is -4.84. The van der Waals surface area contributed by atoms with E-state index in [1.165, 1.54) is 62.5 Å². The topological polar surface area (TPSA) is 60.7 Å². The van der Waals surface area contributed by atoms with Crippen LogP contribution in [0.15, 0.2) is 6.07 Å². The second-order valence-electron chi connectivity index (χ2n) is 9.12. The first-order valence-corrected chi connectivity index (χ1v) is 14.3. The van der Waals surface area contributed by atoms with Crippen molar-refractivity contribution in [1.82, 2.24) is 0 Å². The van der Waals surface area contributed by atoms with Crippen LogP contribution in [0.4, 0.5) is 0 Å². The molecule has 0 spiro atoms. The maximum atomic E-state index is 11.0. The molecule has 0 radical (unpaired) electrons. The number of hydrogen-bond acceptors (Lipinski definition) is 3. The van der Waals surface area contributed by atoms with Crippen LogP contribution in [0, 0.1) is 20.8 Å². The Bertz CT molecular complexity index is 617. The van der Waals surface area contributed by atoms with Gasteiger partial charge in [0.25, 0.3) is 0 Å². The molecule has 1 rings (SSSR count). The fraction of sp³-hybridized carbons (Fsp3) is 0.760. The summed E-state index contributed by atoms with van der Waals surface area (Å²) in [6.45, 7) is 10.4. The van der Waals surface area contributed by atoms with E-state index in [1.807, 2.05) is 19.9 Å². The summed E-state index contributed by atoms with van der Waals surface area (Å²) in [5.74, 6) is 0. The minimum absolute atomic E-state index is 0.0823. The molecule has 0 amide bonds. The Kier molecular flexibility index (Phi) is 11.4. The predicted molar refractivity (Wildman–Crippen MR) is 129 cm³/mol. The minimum atomic E-state index is -4.84. The van der Waals surface area contributed by atoms with Gasteiger partial charge in [-0.25, -0.2) is 0 Å². The van der Waals surface area contributed by atoms with Crippen LogP contribution in [0.5, 0.6) is 0 Å². The summed E-state index contributed by atoms with van der Waals surface area (Å²) in [6, 6.07) is 2.03. The first-order valence-electron chi connectivity index (χ1n) is 12.0. The van der Waals surface area contributed by atoms with Gasteiger partial charge in [0.05, 0.1) is 0 Å². The molecule has 1 aromatic carbocycles. The van der Waals surface area contributed by atoms with E-state index in [4.69, 9.17) is 0 Å². The first kappa shape index (κ1) is 26.6. The van der Waals surface area contributed by atoms with E-state index in [2.05, 4.69) is 20.8 Å². The summed E-state index contributed by atoms with van der Waals surface area (Å²) >= 11 is 0. The van der Waals surface area contributed by atoms with E-state index in [0.717, 1.165) is 36.8 Å². The van der Waals surface area contributed by atoms with Crippen molar-refractivity contribution in [3.63, 3.8) is 0 Å². The second kappa shape index (κ2) is 12.4. The normalized spacial score (nSPS) is 13.4. The molecule has 0 unspecified atom stereocenters. The van der Waals surface area contributed by atoms with Gasteiger partial charge in [0.2, 0.25) is 0 Å². The van der Waals surface area contributed by atoms with Crippen molar-refractivity contribution < 1.29 is 14.7 Å². The van der Waals surface area contributed by atoms with Crippen molar-refractivity contribution in [2.24, 2.45) is 0 Å². The molecule has 4 heteroatoms. The summed E-state index contributed by atoms with van der Waals surface area (Å²) < 4.78 is 0. The van der Waals surface area contributed by atoms with E-state index in [9.17, 15) is 14.7 Å². The third-order valence-corrected chi connectivity index (χ3v) is 9.00. The molecule has 0 atom stereocenters. The van der Waals surface area contributed by atoms with Crippen molar-refractivity contribution >= 4 is 12.6 Å². The number of benzene rings is 1. The molecule has 0 aliphatic rings. The molecule has 0 saturated carbocycles. The number of hydrogen-bond donors (Lipinski definition) is 3. The molecule has 0 aromatic heterocycles. The third-order valence-electron chi connectivity index (χ3n) is 6.25. The third kappa shape index (κ3) is 8.66. The van der Waals surface area contributed by atoms with Crippen molar-refractivity contribution in [2.45, 2.75) is 118 Å². The van der Waals surface area contributed by atoms with Gasteiger partial charge in [-0.05, 0) is 0 Å². The van der Waals surface area contributed by atoms with E-state index >= 15 is 0 Å². The SMILES string of the molecule is CCCCCCCCc1c(C)cc(C)c(P(O)(O)(O)CCCCCCCC)c1C. The molecule has 3 nitrogen and oxygen atoms in total. The van der Waals surface area contributed by atoms with Gasteiger partial charge in [0.1, 0.15) is 0 Å². The zero-order valence-corrected chi connectivity index (χ0v) is 20.7. The maximum absolute atomic E-state index is 11.0. The molecule has 0 heterocycles. The van der Waals surface area contributed by atoms with Crippen molar-refractivity contribution in [1.29, 1.82) is 0 Å². The average Bonchev–Trinajstić information content (AvgIpc) is 2.62. The fourth-order valence-corrected chi connectivity index (χ4v) is 7.32. The monoisotopic (exact) mass is 426 g/mol. The quantitative estimate of drug-likeness (QED) is 0.214. The predicted octanol–water partition coefficient (Wildman–Crippen LogP) is 6.78. The molecule has 170 valence electrons. The van der Waals surface area contributed by atoms with Gasteiger partial charge in [-0.15, -0.1) is 0 Å². The van der Waals surface area contributed by atoms with Gasteiger partial charge in [-0.2, -0.15) is 0 Å². The molecule has 1 aromatic rings. The van der Waals surface area contributed by atoms with Crippen LogP contribution in [0.2, 0.25) is 0 Å². The summed E-state index contributed by atoms with van der Waals surface area (Å²) in [5.41, 5.74) is 4.09. The zero-order chi connectivity index (χ0) is 21.9. The number of unbranched alkanes of at least 4 members (excludes halogenated alkanes) is 10. The van der Waals surface area contributed by atoms with E-state index < -0.39 is 7.28 Å². The zero-order valence-electron chi connectivity index (χ0n) is 19.8. The fourth-order valence-electron chi connectivity index (χ4n) is 4.68. The molecule has 0 aliphatic carbocycles. The van der Waals surface area contributed by atoms with E-state index in [-0.39, 0.29) is 6.16 Å². The average molecular weight is 427 g/mol. The van der Waals surface area contributed by atoms with Crippen molar-refractivity contribution in [2.75, 3.05) is 6.16 Å². The Morgan fingerprint density at radius 3 is 1.69 bits per heavy atom.